The molecular weight excluding hydrogens is 456 g/mol. The molecule has 6 aliphatic rings. The third-order valence-electron chi connectivity index (χ3n) is 12.5. The zero-order chi connectivity index (χ0) is 25.0. The van der Waals surface area contributed by atoms with E-state index in [2.05, 4.69) is 44.7 Å². The van der Waals surface area contributed by atoms with Crippen LogP contribution in [0.25, 0.3) is 0 Å². The number of hydrogen-bond acceptors (Lipinski definition) is 4. The van der Waals surface area contributed by atoms with E-state index in [0.717, 1.165) is 43.6 Å². The van der Waals surface area contributed by atoms with Gasteiger partial charge in [-0.05, 0) is 119 Å². The van der Waals surface area contributed by atoms with Crippen molar-refractivity contribution >= 4 is 10.0 Å². The number of ether oxygens (including phenoxy) is 1. The number of hydrogen-bond donors (Lipinski definition) is 2. The van der Waals surface area contributed by atoms with Crippen molar-refractivity contribution in [1.29, 1.82) is 0 Å². The highest BCUT2D eigenvalue weighted by Crippen LogP contribution is 2.67. The van der Waals surface area contributed by atoms with Gasteiger partial charge in [0.1, 0.15) is 0 Å². The minimum Gasteiger partial charge on any atom is -0.365 e. The van der Waals surface area contributed by atoms with E-state index in [1.807, 2.05) is 0 Å². The predicted octanol–water partition coefficient (Wildman–Crippen LogP) is 5.03. The molecule has 11 atom stereocenters. The number of rotatable bonds is 2. The van der Waals surface area contributed by atoms with Crippen molar-refractivity contribution in [2.75, 3.05) is 12.8 Å². The van der Waals surface area contributed by atoms with Crippen molar-refractivity contribution in [3.63, 3.8) is 0 Å². The average molecular weight is 505 g/mol. The number of fused-ring (bicyclic) bond motifs is 6. The Bertz CT molecular complexity index is 1020. The third kappa shape index (κ3) is 3.59. The van der Waals surface area contributed by atoms with Gasteiger partial charge in [0.05, 0.1) is 18.0 Å². The van der Waals surface area contributed by atoms with Gasteiger partial charge in [-0.15, -0.1) is 0 Å². The van der Waals surface area contributed by atoms with Crippen LogP contribution >= 0.6 is 0 Å². The molecule has 6 heteroatoms. The molecule has 198 valence electrons. The van der Waals surface area contributed by atoms with Gasteiger partial charge in [-0.2, -0.15) is 0 Å². The van der Waals surface area contributed by atoms with Gasteiger partial charge < -0.3 is 10.1 Å². The van der Waals surface area contributed by atoms with E-state index < -0.39 is 10.0 Å². The first-order valence-electron chi connectivity index (χ1n) is 14.5. The minimum absolute atomic E-state index is 0.0780. The number of sulfonamides is 1. The fourth-order valence-corrected chi connectivity index (χ4v) is 11.2. The van der Waals surface area contributed by atoms with Crippen LogP contribution in [0.3, 0.4) is 0 Å². The van der Waals surface area contributed by atoms with Gasteiger partial charge in [-0.25, -0.2) is 13.1 Å². The molecule has 2 saturated heterocycles. The van der Waals surface area contributed by atoms with Crippen molar-refractivity contribution in [3.8, 4) is 0 Å². The van der Waals surface area contributed by atoms with Gasteiger partial charge in [-0.1, -0.05) is 26.3 Å². The van der Waals surface area contributed by atoms with Gasteiger partial charge >= 0.3 is 0 Å². The topological polar surface area (TPSA) is 67.4 Å². The maximum Gasteiger partial charge on any atom is 0.208 e. The van der Waals surface area contributed by atoms with E-state index in [4.69, 9.17) is 4.74 Å². The summed E-state index contributed by atoms with van der Waals surface area (Å²) in [5.41, 5.74) is 3.68. The Balaban J connectivity index is 1.28. The molecule has 6 rings (SSSR count). The molecule has 5 fully saturated rings. The van der Waals surface area contributed by atoms with E-state index in [-0.39, 0.29) is 17.2 Å². The molecule has 4 aliphatic carbocycles. The lowest BCUT2D eigenvalue weighted by molar-refractivity contribution is -0.0630. The van der Waals surface area contributed by atoms with Gasteiger partial charge in [0.25, 0.3) is 0 Å². The van der Waals surface area contributed by atoms with E-state index in [0.29, 0.717) is 29.3 Å². The molecule has 35 heavy (non-hydrogen) atoms. The largest absolute Gasteiger partial charge is 0.365 e. The first-order chi connectivity index (χ1) is 16.4. The fourth-order valence-electron chi connectivity index (χ4n) is 10.3. The summed E-state index contributed by atoms with van der Waals surface area (Å²) in [6, 6.07) is 0.124. The van der Waals surface area contributed by atoms with Gasteiger partial charge in [0, 0.05) is 17.5 Å². The number of allylic oxidation sites excluding steroid dienone is 1. The SMILES string of the molecule is CC1=C2C[C@H]3C(CC[C@@H]4C[C@H](NS(C)(=O)=O)CC[C@@]43C)[C@@H]2CC[C@]12O[C@@H]1C[C@H](C)CN[C@@]1(C)[C@H]2C. The second kappa shape index (κ2) is 8.04. The summed E-state index contributed by atoms with van der Waals surface area (Å²) in [4.78, 5) is 0. The lowest BCUT2D eigenvalue weighted by Gasteiger charge is -2.54. The van der Waals surface area contributed by atoms with Crippen LogP contribution in [0.5, 0.6) is 0 Å². The summed E-state index contributed by atoms with van der Waals surface area (Å²) in [7, 11) is -3.14. The Morgan fingerprint density at radius 1 is 1.06 bits per heavy atom. The molecular formula is C29H48N2O3S. The van der Waals surface area contributed by atoms with Crippen LogP contribution in [0.2, 0.25) is 0 Å². The summed E-state index contributed by atoms with van der Waals surface area (Å²) >= 11 is 0. The van der Waals surface area contributed by atoms with Crippen LogP contribution in [0.4, 0.5) is 0 Å². The lowest BCUT2D eigenvalue weighted by Crippen LogP contribution is -2.59. The van der Waals surface area contributed by atoms with Crippen LogP contribution < -0.4 is 10.0 Å². The second-order valence-electron chi connectivity index (χ2n) is 14.1. The Hall–Kier alpha value is -0.430. The molecule has 2 heterocycles. The fraction of sp³-hybridized carbons (Fsp3) is 0.931. The molecule has 0 amide bonds. The van der Waals surface area contributed by atoms with Crippen LogP contribution in [-0.2, 0) is 14.8 Å². The van der Waals surface area contributed by atoms with E-state index in [9.17, 15) is 8.42 Å². The molecule has 0 aromatic carbocycles. The molecule has 5 nitrogen and oxygen atoms in total. The Labute approximate surface area is 213 Å². The van der Waals surface area contributed by atoms with Crippen molar-refractivity contribution in [2.24, 2.45) is 40.9 Å². The normalized spacial score (nSPS) is 53.8. The van der Waals surface area contributed by atoms with Gasteiger partial charge in [-0.3, -0.25) is 0 Å². The van der Waals surface area contributed by atoms with Crippen molar-refractivity contribution in [1.82, 2.24) is 10.0 Å². The average Bonchev–Trinajstić information content (AvgIpc) is 3.27. The summed E-state index contributed by atoms with van der Waals surface area (Å²) in [6.07, 6.45) is 12.3. The molecule has 3 saturated carbocycles. The highest BCUT2D eigenvalue weighted by molar-refractivity contribution is 7.88. The number of nitrogens with one attached hydrogen (secondary N) is 2. The molecule has 1 spiro atoms. The molecule has 0 radical (unpaired) electrons. The summed E-state index contributed by atoms with van der Waals surface area (Å²) in [5, 5.41) is 3.93. The smallest absolute Gasteiger partial charge is 0.208 e. The van der Waals surface area contributed by atoms with E-state index in [1.54, 1.807) is 11.1 Å². The predicted molar refractivity (Wildman–Crippen MR) is 140 cm³/mol. The molecule has 0 bridgehead atoms. The Kier molecular flexibility index (Phi) is 5.71. The highest BCUT2D eigenvalue weighted by Gasteiger charge is 2.64. The Morgan fingerprint density at radius 2 is 1.83 bits per heavy atom. The van der Waals surface area contributed by atoms with Crippen molar-refractivity contribution < 1.29 is 13.2 Å². The second-order valence-corrected chi connectivity index (χ2v) is 15.9. The van der Waals surface area contributed by atoms with Crippen LogP contribution in [0.1, 0.15) is 92.4 Å². The molecule has 0 aromatic rings. The third-order valence-corrected chi connectivity index (χ3v) is 13.3. The zero-order valence-corrected chi connectivity index (χ0v) is 23.6. The highest BCUT2D eigenvalue weighted by atomic mass is 32.2. The zero-order valence-electron chi connectivity index (χ0n) is 22.8. The molecule has 1 unspecified atom stereocenters. The van der Waals surface area contributed by atoms with Crippen LogP contribution in [0.15, 0.2) is 11.1 Å². The standard InChI is InChI=1S/C29H48N2O3S/c1-17-13-26-28(5,30-16-17)19(3)29(34-26)12-10-22-23-8-7-20-14-21(31-35(6,32)33)9-11-27(20,4)25(23)15-24(22)18(29)2/h17,19-23,25-26,30-31H,7-16H2,1-6H3/t17-,19+,20+,21+,22-,23?,25-,26+,27-,28-,29-/m0/s1. The lowest BCUT2D eigenvalue weighted by atomic mass is 9.52. The van der Waals surface area contributed by atoms with Crippen molar-refractivity contribution in [2.45, 2.75) is 116 Å². The van der Waals surface area contributed by atoms with Crippen LogP contribution in [-0.4, -0.2) is 44.5 Å². The Morgan fingerprint density at radius 3 is 2.57 bits per heavy atom. The summed E-state index contributed by atoms with van der Waals surface area (Å²) in [5.74, 6) is 4.11. The van der Waals surface area contributed by atoms with E-state index >= 15 is 0 Å². The maximum absolute atomic E-state index is 11.9. The monoisotopic (exact) mass is 504 g/mol. The van der Waals surface area contributed by atoms with Gasteiger partial charge in [0.15, 0.2) is 0 Å². The number of piperidine rings is 1. The molecule has 2 N–H and O–H groups in total. The van der Waals surface area contributed by atoms with Crippen molar-refractivity contribution in [3.05, 3.63) is 11.1 Å². The minimum atomic E-state index is -3.14. The first-order valence-corrected chi connectivity index (χ1v) is 16.4. The van der Waals surface area contributed by atoms with E-state index in [1.165, 1.54) is 44.8 Å². The first kappa shape index (κ1) is 24.9. The molecule has 0 aromatic heterocycles. The summed E-state index contributed by atoms with van der Waals surface area (Å²) < 4.78 is 33.9. The maximum atomic E-state index is 11.9. The van der Waals surface area contributed by atoms with Crippen LogP contribution in [0, 0.1) is 40.9 Å². The quantitative estimate of drug-likeness (QED) is 0.518. The molecule has 2 aliphatic heterocycles. The summed E-state index contributed by atoms with van der Waals surface area (Å²) in [6.45, 7) is 13.3. The van der Waals surface area contributed by atoms with Gasteiger partial charge in [0.2, 0.25) is 10.0 Å².